The summed E-state index contributed by atoms with van der Waals surface area (Å²) in [5.41, 5.74) is 1.57. The fourth-order valence-electron chi connectivity index (χ4n) is 4.40. The minimum atomic E-state index is -0.559. The van der Waals surface area contributed by atoms with Crippen molar-refractivity contribution < 1.29 is 18.8 Å². The molecule has 4 rings (SSSR count). The first-order valence-corrected chi connectivity index (χ1v) is 10.8. The van der Waals surface area contributed by atoms with Gasteiger partial charge in [-0.25, -0.2) is 0 Å². The molecule has 2 aliphatic rings. The Morgan fingerprint density at radius 1 is 1.16 bits per heavy atom. The molecule has 31 heavy (non-hydrogen) atoms. The molecule has 0 radical (unpaired) electrons. The van der Waals surface area contributed by atoms with Crippen molar-refractivity contribution in [2.45, 2.75) is 45.2 Å². The van der Waals surface area contributed by atoms with Gasteiger partial charge in [0, 0.05) is 38.4 Å². The molecule has 1 fully saturated rings. The summed E-state index contributed by atoms with van der Waals surface area (Å²) < 4.78 is 5.27. The predicted molar refractivity (Wildman–Crippen MR) is 113 cm³/mol. The van der Waals surface area contributed by atoms with Crippen LogP contribution in [0.2, 0.25) is 0 Å². The second-order valence-electron chi connectivity index (χ2n) is 8.55. The van der Waals surface area contributed by atoms with Crippen molar-refractivity contribution in [3.8, 4) is 0 Å². The zero-order valence-corrected chi connectivity index (χ0v) is 17.9. The minimum absolute atomic E-state index is 0.00991. The number of carbonyl (C=O) groups excluding carboxylic acids is 3. The second-order valence-corrected chi connectivity index (χ2v) is 8.55. The van der Waals surface area contributed by atoms with Crippen molar-refractivity contribution in [2.24, 2.45) is 5.92 Å². The van der Waals surface area contributed by atoms with E-state index in [2.05, 4.69) is 10.3 Å². The average Bonchev–Trinajstić information content (AvgIpc) is 3.32. The first-order chi connectivity index (χ1) is 14.9. The molecule has 1 saturated heterocycles. The molecule has 2 aromatic heterocycles. The van der Waals surface area contributed by atoms with Gasteiger partial charge in [0.15, 0.2) is 5.76 Å². The number of hydrogen-bond acceptors (Lipinski definition) is 5. The summed E-state index contributed by atoms with van der Waals surface area (Å²) in [6.45, 7) is 5.47. The maximum absolute atomic E-state index is 13.6. The van der Waals surface area contributed by atoms with E-state index in [4.69, 9.17) is 4.42 Å². The Balaban J connectivity index is 1.54. The van der Waals surface area contributed by atoms with E-state index < -0.39 is 5.92 Å². The number of likely N-dealkylation sites (tertiary alicyclic amines) is 1. The van der Waals surface area contributed by atoms with Gasteiger partial charge in [0.25, 0.3) is 5.91 Å². The van der Waals surface area contributed by atoms with E-state index in [9.17, 15) is 14.4 Å². The molecule has 2 unspecified atom stereocenters. The van der Waals surface area contributed by atoms with Crippen LogP contribution in [0, 0.1) is 5.92 Å². The van der Waals surface area contributed by atoms with Gasteiger partial charge in [0.1, 0.15) is 0 Å². The number of hydrogen-bond donors (Lipinski definition) is 1. The summed E-state index contributed by atoms with van der Waals surface area (Å²) in [6.07, 6.45) is 4.69. The summed E-state index contributed by atoms with van der Waals surface area (Å²) in [7, 11) is 0. The van der Waals surface area contributed by atoms with Gasteiger partial charge < -0.3 is 19.5 Å². The number of furan rings is 1. The van der Waals surface area contributed by atoms with Crippen molar-refractivity contribution >= 4 is 17.7 Å². The number of carbonyl (C=O) groups is 3. The number of piperidine rings is 1. The van der Waals surface area contributed by atoms with Gasteiger partial charge in [-0.3, -0.25) is 19.4 Å². The predicted octanol–water partition coefficient (Wildman–Crippen LogP) is 2.18. The molecule has 2 aliphatic heterocycles. The Morgan fingerprint density at radius 3 is 2.74 bits per heavy atom. The molecule has 164 valence electrons. The normalized spacial score (nSPS) is 21.0. The Bertz CT molecular complexity index is 956. The van der Waals surface area contributed by atoms with Gasteiger partial charge in [0.2, 0.25) is 11.8 Å². The van der Waals surface area contributed by atoms with E-state index in [-0.39, 0.29) is 42.0 Å². The molecular weight excluding hydrogens is 396 g/mol. The highest BCUT2D eigenvalue weighted by Gasteiger charge is 2.38. The van der Waals surface area contributed by atoms with Crippen molar-refractivity contribution in [1.82, 2.24) is 20.1 Å². The molecule has 0 aliphatic carbocycles. The third kappa shape index (κ3) is 4.47. The summed E-state index contributed by atoms with van der Waals surface area (Å²) in [5.74, 6) is -0.862. The monoisotopic (exact) mass is 424 g/mol. The minimum Gasteiger partial charge on any atom is -0.459 e. The summed E-state index contributed by atoms with van der Waals surface area (Å²) in [4.78, 5) is 46.8. The van der Waals surface area contributed by atoms with Crippen LogP contribution in [0.3, 0.4) is 0 Å². The van der Waals surface area contributed by atoms with Crippen LogP contribution in [0.1, 0.15) is 54.4 Å². The Kier molecular flexibility index (Phi) is 6.06. The highest BCUT2D eigenvalue weighted by molar-refractivity contribution is 5.93. The number of rotatable bonds is 4. The van der Waals surface area contributed by atoms with E-state index in [1.54, 1.807) is 28.1 Å². The molecule has 0 spiro atoms. The molecule has 0 saturated carbocycles. The average molecular weight is 425 g/mol. The van der Waals surface area contributed by atoms with Gasteiger partial charge in [-0.2, -0.15) is 0 Å². The third-order valence-corrected chi connectivity index (χ3v) is 5.87. The lowest BCUT2D eigenvalue weighted by Crippen LogP contribution is -2.50. The van der Waals surface area contributed by atoms with Crippen LogP contribution in [-0.2, 0) is 16.1 Å². The molecule has 0 aromatic carbocycles. The van der Waals surface area contributed by atoms with E-state index in [1.165, 1.54) is 6.26 Å². The summed E-state index contributed by atoms with van der Waals surface area (Å²) in [5, 5.41) is 2.95. The number of nitrogens with one attached hydrogen (secondary N) is 1. The smallest absolute Gasteiger partial charge is 0.289 e. The highest BCUT2D eigenvalue weighted by atomic mass is 16.3. The van der Waals surface area contributed by atoms with E-state index in [1.807, 2.05) is 26.0 Å². The quantitative estimate of drug-likeness (QED) is 0.812. The number of fused-ring (bicyclic) bond motifs is 1. The van der Waals surface area contributed by atoms with Crippen molar-refractivity contribution in [2.75, 3.05) is 19.6 Å². The van der Waals surface area contributed by atoms with Gasteiger partial charge in [-0.1, -0.05) is 6.07 Å². The van der Waals surface area contributed by atoms with Gasteiger partial charge in [0.05, 0.1) is 23.8 Å². The summed E-state index contributed by atoms with van der Waals surface area (Å²) >= 11 is 0. The molecule has 1 N–H and O–H groups in total. The maximum atomic E-state index is 13.6. The second kappa shape index (κ2) is 8.91. The third-order valence-electron chi connectivity index (χ3n) is 5.87. The lowest BCUT2D eigenvalue weighted by molar-refractivity contribution is -0.137. The first kappa shape index (κ1) is 21.1. The number of pyridine rings is 1. The largest absolute Gasteiger partial charge is 0.459 e. The van der Waals surface area contributed by atoms with Crippen LogP contribution in [-0.4, -0.2) is 58.2 Å². The Hall–Kier alpha value is -3.16. The first-order valence-electron chi connectivity index (χ1n) is 10.8. The van der Waals surface area contributed by atoms with E-state index in [0.29, 0.717) is 25.3 Å². The van der Waals surface area contributed by atoms with E-state index in [0.717, 1.165) is 18.4 Å². The van der Waals surface area contributed by atoms with Crippen molar-refractivity contribution in [3.05, 3.63) is 53.7 Å². The standard InChI is InChI=1S/C23H28N4O4/c1-15(2)25-21(28)17-7-4-10-26(13-17)22(29)18-14-27(23(30)19-8-5-11-31-19)12-16-6-3-9-24-20(16)18/h3,5-6,8-9,11,15,17-18H,4,7,10,12-14H2,1-2H3,(H,25,28). The lowest BCUT2D eigenvalue weighted by Gasteiger charge is -2.38. The van der Waals surface area contributed by atoms with Gasteiger partial charge in [-0.05, 0) is 50.5 Å². The fraction of sp³-hybridized carbons (Fsp3) is 0.478. The van der Waals surface area contributed by atoms with Crippen LogP contribution in [0.5, 0.6) is 0 Å². The number of aromatic nitrogens is 1. The van der Waals surface area contributed by atoms with Gasteiger partial charge >= 0.3 is 0 Å². The highest BCUT2D eigenvalue weighted by Crippen LogP contribution is 2.30. The molecule has 3 amide bonds. The van der Waals surface area contributed by atoms with Crippen molar-refractivity contribution in [1.29, 1.82) is 0 Å². The van der Waals surface area contributed by atoms with Crippen molar-refractivity contribution in [3.63, 3.8) is 0 Å². The van der Waals surface area contributed by atoms with Crippen LogP contribution >= 0.6 is 0 Å². The van der Waals surface area contributed by atoms with Crippen LogP contribution in [0.15, 0.2) is 41.1 Å². The van der Waals surface area contributed by atoms with E-state index >= 15 is 0 Å². The van der Waals surface area contributed by atoms with Crippen LogP contribution < -0.4 is 5.32 Å². The Labute approximate surface area is 181 Å². The lowest BCUT2D eigenvalue weighted by atomic mass is 9.90. The zero-order valence-electron chi connectivity index (χ0n) is 17.9. The molecule has 2 aromatic rings. The number of amides is 3. The number of nitrogens with zero attached hydrogens (tertiary/aromatic N) is 3. The molecule has 8 heteroatoms. The Morgan fingerprint density at radius 2 is 2.00 bits per heavy atom. The van der Waals surface area contributed by atoms with Gasteiger partial charge in [-0.15, -0.1) is 0 Å². The topological polar surface area (TPSA) is 95.8 Å². The molecule has 8 nitrogen and oxygen atoms in total. The van der Waals surface area contributed by atoms with Crippen LogP contribution in [0.25, 0.3) is 0 Å². The molecular formula is C23H28N4O4. The summed E-state index contributed by atoms with van der Waals surface area (Å²) in [6, 6.07) is 7.08. The molecule has 4 heterocycles. The zero-order chi connectivity index (χ0) is 22.0. The van der Waals surface area contributed by atoms with Crippen LogP contribution in [0.4, 0.5) is 0 Å². The maximum Gasteiger partial charge on any atom is 0.289 e. The molecule has 0 bridgehead atoms. The molecule has 2 atom stereocenters. The SMILES string of the molecule is CC(C)NC(=O)C1CCCN(C(=O)C2CN(C(=O)c3ccco3)Cc3cccnc32)C1. The fourth-order valence-corrected chi connectivity index (χ4v) is 4.40.